The Kier molecular flexibility index (Phi) is 3.60. The lowest BCUT2D eigenvalue weighted by molar-refractivity contribution is -0.123. The maximum absolute atomic E-state index is 13.0. The van der Waals surface area contributed by atoms with Crippen LogP contribution in [0.25, 0.3) is 0 Å². The third kappa shape index (κ3) is 2.74. The summed E-state index contributed by atoms with van der Waals surface area (Å²) in [6.45, 7) is 4.02. The van der Waals surface area contributed by atoms with Gasteiger partial charge in [0.1, 0.15) is 11.6 Å². The topological polar surface area (TPSA) is 17.1 Å². The molecule has 17 heavy (non-hydrogen) atoms. The first kappa shape index (κ1) is 12.3. The Hall–Kier alpha value is -1.18. The van der Waals surface area contributed by atoms with E-state index in [4.69, 9.17) is 0 Å². The molecule has 2 atom stereocenters. The van der Waals surface area contributed by atoms with Crippen LogP contribution < -0.4 is 0 Å². The average Bonchev–Trinajstić information content (AvgIpc) is 2.68. The molecule has 1 aromatic carbocycles. The fraction of sp³-hybridized carbons (Fsp3) is 0.533. The smallest absolute Gasteiger partial charge is 0.140 e. The Morgan fingerprint density at radius 1 is 1.41 bits per heavy atom. The number of carbonyl (C=O) groups excluding carboxylic acids is 1. The summed E-state index contributed by atoms with van der Waals surface area (Å²) in [7, 11) is 0. The van der Waals surface area contributed by atoms with E-state index < -0.39 is 0 Å². The predicted octanol–water partition coefficient (Wildman–Crippen LogP) is 3.68. The maximum atomic E-state index is 13.0. The van der Waals surface area contributed by atoms with E-state index in [0.29, 0.717) is 18.1 Å². The second kappa shape index (κ2) is 4.99. The number of carbonyl (C=O) groups is 1. The molecule has 0 saturated heterocycles. The lowest BCUT2D eigenvalue weighted by Gasteiger charge is -2.14. The fourth-order valence-corrected chi connectivity index (χ4v) is 2.80. The van der Waals surface area contributed by atoms with Gasteiger partial charge in [-0.2, -0.15) is 0 Å². The molecule has 1 fully saturated rings. The molecule has 1 aliphatic carbocycles. The molecule has 0 amide bonds. The zero-order valence-electron chi connectivity index (χ0n) is 10.5. The summed E-state index contributed by atoms with van der Waals surface area (Å²) >= 11 is 0. The van der Waals surface area contributed by atoms with Gasteiger partial charge in [-0.25, -0.2) is 4.39 Å². The van der Waals surface area contributed by atoms with Crippen LogP contribution in [0.3, 0.4) is 0 Å². The quantitative estimate of drug-likeness (QED) is 0.779. The highest BCUT2D eigenvalue weighted by molar-refractivity contribution is 5.84. The predicted molar refractivity (Wildman–Crippen MR) is 66.4 cm³/mol. The van der Waals surface area contributed by atoms with E-state index in [9.17, 15) is 9.18 Å². The minimum absolute atomic E-state index is 0.222. The van der Waals surface area contributed by atoms with Gasteiger partial charge in [0.15, 0.2) is 0 Å². The van der Waals surface area contributed by atoms with E-state index in [1.54, 1.807) is 6.07 Å². The van der Waals surface area contributed by atoms with Crippen molar-refractivity contribution in [2.24, 2.45) is 11.8 Å². The van der Waals surface area contributed by atoms with Crippen molar-refractivity contribution in [3.05, 3.63) is 35.1 Å². The first-order valence-electron chi connectivity index (χ1n) is 6.35. The van der Waals surface area contributed by atoms with Crippen molar-refractivity contribution in [3.8, 4) is 0 Å². The first-order valence-corrected chi connectivity index (χ1v) is 6.35. The summed E-state index contributed by atoms with van der Waals surface area (Å²) < 4.78 is 13.0. The molecule has 2 heteroatoms. The highest BCUT2D eigenvalue weighted by Gasteiger charge is 2.29. The molecule has 0 N–H and O–H groups in total. The largest absolute Gasteiger partial charge is 0.299 e. The summed E-state index contributed by atoms with van der Waals surface area (Å²) in [5.41, 5.74) is 1.85. The van der Waals surface area contributed by atoms with Crippen LogP contribution >= 0.6 is 0 Å². The van der Waals surface area contributed by atoms with Crippen LogP contribution in [0, 0.1) is 24.6 Å². The standard InChI is InChI=1S/C15H19FO/c1-10-4-3-5-14(10)15(17)9-12-6-7-13(16)8-11(12)2/h6-8,10,14H,3-5,9H2,1-2H3. The summed E-state index contributed by atoms with van der Waals surface area (Å²) in [6, 6.07) is 4.68. The number of hydrogen-bond donors (Lipinski definition) is 0. The van der Waals surface area contributed by atoms with Crippen LogP contribution in [0.2, 0.25) is 0 Å². The molecule has 92 valence electrons. The molecule has 2 rings (SSSR count). The van der Waals surface area contributed by atoms with Crippen molar-refractivity contribution in [1.82, 2.24) is 0 Å². The number of aryl methyl sites for hydroxylation is 1. The average molecular weight is 234 g/mol. The van der Waals surface area contributed by atoms with Crippen LogP contribution in [0.4, 0.5) is 4.39 Å². The van der Waals surface area contributed by atoms with Gasteiger partial charge in [0.2, 0.25) is 0 Å². The lowest BCUT2D eigenvalue weighted by atomic mass is 9.89. The Bertz CT molecular complexity index is 425. The summed E-state index contributed by atoms with van der Waals surface area (Å²) in [5, 5.41) is 0. The first-order chi connectivity index (χ1) is 8.08. The van der Waals surface area contributed by atoms with Gasteiger partial charge in [0.05, 0.1) is 0 Å². The van der Waals surface area contributed by atoms with Gasteiger partial charge in [-0.3, -0.25) is 4.79 Å². The molecule has 1 aromatic rings. The van der Waals surface area contributed by atoms with Crippen LogP contribution in [-0.4, -0.2) is 5.78 Å². The molecule has 1 saturated carbocycles. The van der Waals surface area contributed by atoms with E-state index in [2.05, 4.69) is 6.92 Å². The molecule has 0 spiro atoms. The van der Waals surface area contributed by atoms with Crippen LogP contribution in [0.1, 0.15) is 37.3 Å². The highest BCUT2D eigenvalue weighted by Crippen LogP contribution is 2.32. The summed E-state index contributed by atoms with van der Waals surface area (Å²) in [5.74, 6) is 0.834. The second-order valence-corrected chi connectivity index (χ2v) is 5.23. The monoisotopic (exact) mass is 234 g/mol. The van der Waals surface area contributed by atoms with Crippen LogP contribution in [0.15, 0.2) is 18.2 Å². The van der Waals surface area contributed by atoms with Gasteiger partial charge in [0, 0.05) is 12.3 Å². The molecule has 1 aliphatic rings. The third-order valence-corrected chi connectivity index (χ3v) is 3.94. The lowest BCUT2D eigenvalue weighted by Crippen LogP contribution is -2.19. The molecule has 0 aliphatic heterocycles. The van der Waals surface area contributed by atoms with E-state index in [0.717, 1.165) is 17.5 Å². The van der Waals surface area contributed by atoms with Crippen molar-refractivity contribution < 1.29 is 9.18 Å². The van der Waals surface area contributed by atoms with Gasteiger partial charge >= 0.3 is 0 Å². The normalized spacial score (nSPS) is 23.9. The summed E-state index contributed by atoms with van der Waals surface area (Å²) in [6.07, 6.45) is 3.82. The maximum Gasteiger partial charge on any atom is 0.140 e. The zero-order chi connectivity index (χ0) is 12.4. The van der Waals surface area contributed by atoms with E-state index in [-0.39, 0.29) is 11.7 Å². The Balaban J connectivity index is 2.07. The van der Waals surface area contributed by atoms with Crippen molar-refractivity contribution in [1.29, 1.82) is 0 Å². The minimum atomic E-state index is -0.229. The molecule has 2 unspecified atom stereocenters. The van der Waals surface area contributed by atoms with Crippen LogP contribution in [0.5, 0.6) is 0 Å². The van der Waals surface area contributed by atoms with E-state index >= 15 is 0 Å². The number of Topliss-reactive ketones (excluding diaryl/α,β-unsaturated/α-hetero) is 1. The Morgan fingerprint density at radius 3 is 2.76 bits per heavy atom. The van der Waals surface area contributed by atoms with Crippen molar-refractivity contribution in [2.75, 3.05) is 0 Å². The number of rotatable bonds is 3. The highest BCUT2D eigenvalue weighted by atomic mass is 19.1. The molecule has 0 bridgehead atoms. The van der Waals surface area contributed by atoms with Gasteiger partial charge < -0.3 is 0 Å². The molecule has 0 radical (unpaired) electrons. The minimum Gasteiger partial charge on any atom is -0.299 e. The van der Waals surface area contributed by atoms with Crippen molar-refractivity contribution in [3.63, 3.8) is 0 Å². The van der Waals surface area contributed by atoms with Gasteiger partial charge in [-0.05, 0) is 48.9 Å². The molecule has 0 heterocycles. The molecule has 1 nitrogen and oxygen atoms in total. The SMILES string of the molecule is Cc1cc(F)ccc1CC(=O)C1CCCC1C. The number of hydrogen-bond acceptors (Lipinski definition) is 1. The second-order valence-electron chi connectivity index (χ2n) is 5.23. The van der Waals surface area contributed by atoms with Crippen molar-refractivity contribution in [2.45, 2.75) is 39.5 Å². The Morgan fingerprint density at radius 2 is 2.18 bits per heavy atom. The van der Waals surface area contributed by atoms with Gasteiger partial charge in [-0.1, -0.05) is 19.4 Å². The third-order valence-electron chi connectivity index (χ3n) is 3.94. The van der Waals surface area contributed by atoms with E-state index in [1.807, 2.05) is 6.92 Å². The van der Waals surface area contributed by atoms with Crippen molar-refractivity contribution >= 4 is 5.78 Å². The van der Waals surface area contributed by atoms with Crippen LogP contribution in [-0.2, 0) is 11.2 Å². The zero-order valence-corrected chi connectivity index (χ0v) is 10.5. The molecular weight excluding hydrogens is 215 g/mol. The Labute approximate surface area is 102 Å². The number of ketones is 1. The molecule has 0 aromatic heterocycles. The van der Waals surface area contributed by atoms with Gasteiger partial charge in [-0.15, -0.1) is 0 Å². The number of benzene rings is 1. The van der Waals surface area contributed by atoms with Gasteiger partial charge in [0.25, 0.3) is 0 Å². The van der Waals surface area contributed by atoms with E-state index in [1.165, 1.54) is 25.0 Å². The number of halogens is 1. The summed E-state index contributed by atoms with van der Waals surface area (Å²) in [4.78, 5) is 12.2. The fourth-order valence-electron chi connectivity index (χ4n) is 2.80. The molecular formula is C15H19FO.